The highest BCUT2D eigenvalue weighted by atomic mass is 16.5. The Morgan fingerprint density at radius 3 is 3.12 bits per heavy atom. The van der Waals surface area contributed by atoms with E-state index >= 15 is 0 Å². The number of nitrogen functional groups attached to an aromatic ring is 1. The molecule has 0 aliphatic carbocycles. The van der Waals surface area contributed by atoms with Gasteiger partial charge in [0.2, 0.25) is 5.91 Å². The van der Waals surface area contributed by atoms with E-state index < -0.39 is 0 Å². The summed E-state index contributed by atoms with van der Waals surface area (Å²) in [6.45, 7) is 0.835. The Hall–Kier alpha value is -1.55. The third-order valence-corrected chi connectivity index (χ3v) is 2.89. The van der Waals surface area contributed by atoms with E-state index in [0.717, 1.165) is 31.6 Å². The second kappa shape index (κ2) is 5.68. The molecule has 0 bridgehead atoms. The van der Waals surface area contributed by atoms with Crippen molar-refractivity contribution in [2.45, 2.75) is 31.8 Å². The first-order valence-corrected chi connectivity index (χ1v) is 6.01. The van der Waals surface area contributed by atoms with E-state index in [1.807, 2.05) is 12.1 Å². The fraction of sp³-hybridized carbons (Fsp3) is 0.462. The van der Waals surface area contributed by atoms with Gasteiger partial charge in [-0.05, 0) is 37.5 Å². The van der Waals surface area contributed by atoms with E-state index in [2.05, 4.69) is 5.32 Å². The predicted molar refractivity (Wildman–Crippen MR) is 67.7 cm³/mol. The van der Waals surface area contributed by atoms with Crippen LogP contribution in [0.5, 0.6) is 0 Å². The molecule has 0 aromatic heterocycles. The summed E-state index contributed by atoms with van der Waals surface area (Å²) in [5.74, 6) is 0.0195. The van der Waals surface area contributed by atoms with Gasteiger partial charge in [-0.1, -0.05) is 6.07 Å². The van der Waals surface area contributed by atoms with Crippen molar-refractivity contribution >= 4 is 17.3 Å². The van der Waals surface area contributed by atoms with Gasteiger partial charge in [-0.15, -0.1) is 0 Å². The van der Waals surface area contributed by atoms with Crippen LogP contribution < -0.4 is 11.1 Å². The smallest absolute Gasteiger partial charge is 0.224 e. The van der Waals surface area contributed by atoms with Gasteiger partial charge >= 0.3 is 0 Å². The second-order valence-corrected chi connectivity index (χ2v) is 4.35. The summed E-state index contributed by atoms with van der Waals surface area (Å²) in [5, 5.41) is 2.83. The molecule has 1 aromatic carbocycles. The number of nitrogens with one attached hydrogen (secondary N) is 1. The van der Waals surface area contributed by atoms with Crippen molar-refractivity contribution in [3.8, 4) is 0 Å². The van der Waals surface area contributed by atoms with Crippen molar-refractivity contribution in [1.82, 2.24) is 0 Å². The standard InChI is InChI=1S/C13H18N2O2/c14-10-3-1-4-11(9-10)15-13(16)7-6-12-5-2-8-17-12/h1,3-4,9,12H,2,5-8,14H2,(H,15,16). The molecule has 4 nitrogen and oxygen atoms in total. The van der Waals surface area contributed by atoms with Gasteiger partial charge in [-0.25, -0.2) is 0 Å². The van der Waals surface area contributed by atoms with Crippen LogP contribution in [-0.4, -0.2) is 18.6 Å². The van der Waals surface area contributed by atoms with E-state index in [1.165, 1.54) is 0 Å². The van der Waals surface area contributed by atoms with Gasteiger partial charge in [0.05, 0.1) is 6.10 Å². The maximum absolute atomic E-state index is 11.7. The third-order valence-electron chi connectivity index (χ3n) is 2.89. The number of anilines is 2. The van der Waals surface area contributed by atoms with Crippen LogP contribution in [0.3, 0.4) is 0 Å². The third kappa shape index (κ3) is 3.75. The summed E-state index contributed by atoms with van der Waals surface area (Å²) < 4.78 is 5.47. The van der Waals surface area contributed by atoms with E-state index in [9.17, 15) is 4.79 Å². The molecule has 1 atom stereocenters. The van der Waals surface area contributed by atoms with Crippen LogP contribution in [0.15, 0.2) is 24.3 Å². The molecule has 1 aromatic rings. The highest BCUT2D eigenvalue weighted by Gasteiger charge is 2.16. The van der Waals surface area contributed by atoms with Gasteiger partial charge in [0.15, 0.2) is 0 Å². The number of hydrogen-bond donors (Lipinski definition) is 2. The van der Waals surface area contributed by atoms with Crippen LogP contribution >= 0.6 is 0 Å². The Balaban J connectivity index is 1.76. The van der Waals surface area contributed by atoms with Gasteiger partial charge in [0.25, 0.3) is 0 Å². The quantitative estimate of drug-likeness (QED) is 0.785. The van der Waals surface area contributed by atoms with Crippen LogP contribution in [0.25, 0.3) is 0 Å². The molecular formula is C13H18N2O2. The topological polar surface area (TPSA) is 64.3 Å². The molecule has 0 saturated carbocycles. The average molecular weight is 234 g/mol. The van der Waals surface area contributed by atoms with Crippen molar-refractivity contribution in [2.75, 3.05) is 17.7 Å². The number of amides is 1. The number of carbonyl (C=O) groups excluding carboxylic acids is 1. The molecule has 17 heavy (non-hydrogen) atoms. The summed E-state index contributed by atoms with van der Waals surface area (Å²) in [6.07, 6.45) is 3.75. The second-order valence-electron chi connectivity index (χ2n) is 4.35. The number of nitrogens with two attached hydrogens (primary N) is 1. The zero-order chi connectivity index (χ0) is 12.1. The molecule has 0 spiro atoms. The van der Waals surface area contributed by atoms with Crippen LogP contribution in [0.2, 0.25) is 0 Å². The monoisotopic (exact) mass is 234 g/mol. The number of carbonyl (C=O) groups is 1. The lowest BCUT2D eigenvalue weighted by molar-refractivity contribution is -0.116. The number of ether oxygens (including phenoxy) is 1. The van der Waals surface area contributed by atoms with Crippen LogP contribution in [0.4, 0.5) is 11.4 Å². The van der Waals surface area contributed by atoms with E-state index in [1.54, 1.807) is 12.1 Å². The summed E-state index contributed by atoms with van der Waals surface area (Å²) in [5.41, 5.74) is 7.04. The van der Waals surface area contributed by atoms with Gasteiger partial charge in [-0.2, -0.15) is 0 Å². The largest absolute Gasteiger partial charge is 0.399 e. The average Bonchev–Trinajstić information content (AvgIpc) is 2.79. The SMILES string of the molecule is Nc1cccc(NC(=O)CCC2CCCO2)c1. The lowest BCUT2D eigenvalue weighted by Gasteiger charge is -2.09. The molecule has 92 valence electrons. The molecule has 1 saturated heterocycles. The molecule has 1 amide bonds. The van der Waals surface area contributed by atoms with Gasteiger partial charge in [0, 0.05) is 24.4 Å². The zero-order valence-electron chi connectivity index (χ0n) is 9.82. The minimum Gasteiger partial charge on any atom is -0.399 e. The Morgan fingerprint density at radius 2 is 2.41 bits per heavy atom. The van der Waals surface area contributed by atoms with E-state index in [4.69, 9.17) is 10.5 Å². The molecular weight excluding hydrogens is 216 g/mol. The minimum absolute atomic E-state index is 0.0195. The molecule has 1 heterocycles. The molecule has 1 aliphatic rings. The molecule has 1 fully saturated rings. The predicted octanol–water partition coefficient (Wildman–Crippen LogP) is 2.17. The van der Waals surface area contributed by atoms with Gasteiger partial charge in [0.1, 0.15) is 0 Å². The van der Waals surface area contributed by atoms with Crippen molar-refractivity contribution < 1.29 is 9.53 Å². The Kier molecular flexibility index (Phi) is 3.98. The van der Waals surface area contributed by atoms with Crippen LogP contribution in [0, 0.1) is 0 Å². The summed E-state index contributed by atoms with van der Waals surface area (Å²) >= 11 is 0. The summed E-state index contributed by atoms with van der Waals surface area (Å²) in [4.78, 5) is 11.7. The Morgan fingerprint density at radius 1 is 1.53 bits per heavy atom. The molecule has 1 aliphatic heterocycles. The molecule has 3 N–H and O–H groups in total. The lowest BCUT2D eigenvalue weighted by Crippen LogP contribution is -2.15. The van der Waals surface area contributed by atoms with Crippen LogP contribution in [0.1, 0.15) is 25.7 Å². The van der Waals surface area contributed by atoms with Gasteiger partial charge < -0.3 is 15.8 Å². The molecule has 1 unspecified atom stereocenters. The lowest BCUT2D eigenvalue weighted by atomic mass is 10.1. The maximum Gasteiger partial charge on any atom is 0.224 e. The molecule has 2 rings (SSSR count). The first-order valence-electron chi connectivity index (χ1n) is 6.01. The first kappa shape index (κ1) is 11.9. The van der Waals surface area contributed by atoms with E-state index in [-0.39, 0.29) is 12.0 Å². The zero-order valence-corrected chi connectivity index (χ0v) is 9.82. The normalized spacial score (nSPS) is 19.2. The molecule has 0 radical (unpaired) electrons. The van der Waals surface area contributed by atoms with Crippen molar-refractivity contribution in [1.29, 1.82) is 0 Å². The fourth-order valence-corrected chi connectivity index (χ4v) is 2.00. The number of benzene rings is 1. The summed E-state index contributed by atoms with van der Waals surface area (Å²) in [7, 11) is 0. The minimum atomic E-state index is 0.0195. The van der Waals surface area contributed by atoms with Crippen molar-refractivity contribution in [3.05, 3.63) is 24.3 Å². The molecule has 4 heteroatoms. The summed E-state index contributed by atoms with van der Waals surface area (Å²) in [6, 6.07) is 7.21. The van der Waals surface area contributed by atoms with Crippen molar-refractivity contribution in [3.63, 3.8) is 0 Å². The van der Waals surface area contributed by atoms with Crippen LogP contribution in [-0.2, 0) is 9.53 Å². The maximum atomic E-state index is 11.7. The van der Waals surface area contributed by atoms with Gasteiger partial charge in [-0.3, -0.25) is 4.79 Å². The Bertz CT molecular complexity index is 387. The number of hydrogen-bond acceptors (Lipinski definition) is 3. The first-order chi connectivity index (χ1) is 8.24. The number of rotatable bonds is 4. The van der Waals surface area contributed by atoms with Crippen molar-refractivity contribution in [2.24, 2.45) is 0 Å². The Labute approximate surface area is 101 Å². The van der Waals surface area contributed by atoms with E-state index in [0.29, 0.717) is 12.1 Å². The fourth-order valence-electron chi connectivity index (χ4n) is 2.00. The highest BCUT2D eigenvalue weighted by molar-refractivity contribution is 5.91. The highest BCUT2D eigenvalue weighted by Crippen LogP contribution is 2.17.